The molecule has 298 valence electrons. The van der Waals surface area contributed by atoms with Crippen molar-refractivity contribution in [2.24, 2.45) is 0 Å². The van der Waals surface area contributed by atoms with Crippen molar-refractivity contribution >= 4 is 5.91 Å². The van der Waals surface area contributed by atoms with Crippen LogP contribution in [0.1, 0.15) is 245 Å². The quantitative estimate of drug-likeness (QED) is 0.0376. The molecule has 0 saturated heterocycles. The van der Waals surface area contributed by atoms with Crippen LogP contribution in [0.15, 0.2) is 12.2 Å². The van der Waals surface area contributed by atoms with E-state index in [1.165, 1.54) is 180 Å². The van der Waals surface area contributed by atoms with Crippen LogP contribution in [0.2, 0.25) is 0 Å². The number of carbonyl (C=O) groups is 1. The highest BCUT2D eigenvalue weighted by atomic mass is 16.3. The zero-order valence-corrected chi connectivity index (χ0v) is 33.8. The second-order valence-electron chi connectivity index (χ2n) is 15.6. The van der Waals surface area contributed by atoms with Crippen LogP contribution in [-0.2, 0) is 4.79 Å². The summed E-state index contributed by atoms with van der Waals surface area (Å²) in [5.41, 5.74) is 0. The average Bonchev–Trinajstić information content (AvgIpc) is 3.12. The average molecular weight is 708 g/mol. The molecule has 0 aliphatic rings. The van der Waals surface area contributed by atoms with E-state index in [4.69, 9.17) is 0 Å². The molecular weight excluding hydrogens is 618 g/mol. The summed E-state index contributed by atoms with van der Waals surface area (Å²) in [7, 11) is 0. The molecule has 5 heteroatoms. The number of carbonyl (C=O) groups excluding carboxylic acids is 1. The van der Waals surface area contributed by atoms with Crippen molar-refractivity contribution in [1.82, 2.24) is 5.32 Å². The van der Waals surface area contributed by atoms with E-state index >= 15 is 0 Å². The normalized spacial score (nSPS) is 13.6. The van der Waals surface area contributed by atoms with E-state index in [2.05, 4.69) is 31.3 Å². The van der Waals surface area contributed by atoms with Gasteiger partial charge in [-0.3, -0.25) is 4.79 Å². The Morgan fingerprint density at radius 2 is 0.800 bits per heavy atom. The fraction of sp³-hybridized carbons (Fsp3) is 0.933. The monoisotopic (exact) mass is 708 g/mol. The molecule has 50 heavy (non-hydrogen) atoms. The molecule has 0 spiro atoms. The summed E-state index contributed by atoms with van der Waals surface area (Å²) in [5.74, 6) is -0.145. The van der Waals surface area contributed by atoms with Crippen molar-refractivity contribution < 1.29 is 20.1 Å². The molecule has 0 bridgehead atoms. The van der Waals surface area contributed by atoms with Crippen LogP contribution in [0.5, 0.6) is 0 Å². The van der Waals surface area contributed by atoms with Crippen molar-refractivity contribution in [3.63, 3.8) is 0 Å². The number of hydrogen-bond donors (Lipinski definition) is 4. The Kier molecular flexibility index (Phi) is 40.1. The molecule has 0 radical (unpaired) electrons. The van der Waals surface area contributed by atoms with Crippen LogP contribution in [0.3, 0.4) is 0 Å². The molecular formula is C45H89NO4. The molecule has 0 aromatic heterocycles. The van der Waals surface area contributed by atoms with Crippen LogP contribution in [0, 0.1) is 0 Å². The Balaban J connectivity index is 3.53. The maximum atomic E-state index is 12.4. The van der Waals surface area contributed by atoms with Gasteiger partial charge in [-0.05, 0) is 38.5 Å². The standard InChI is InChI=1S/C45H89NO4/c1-3-5-7-9-11-13-15-16-17-18-19-20-21-22-23-24-25-26-27-28-29-30-32-34-36-38-40-44(49)46-42(41-47)45(50)43(48)39-37-35-33-31-14-12-10-8-6-4-2/h22-23,42-43,45,47-48,50H,3-21,24-41H2,1-2H3,(H,46,49)/b23-22-. The second-order valence-corrected chi connectivity index (χ2v) is 15.6. The second kappa shape index (κ2) is 40.9. The number of aliphatic hydroxyl groups is 3. The topological polar surface area (TPSA) is 89.8 Å². The molecule has 3 atom stereocenters. The van der Waals surface area contributed by atoms with Gasteiger partial charge < -0.3 is 20.6 Å². The van der Waals surface area contributed by atoms with Crippen molar-refractivity contribution in [2.45, 2.75) is 263 Å². The van der Waals surface area contributed by atoms with Crippen LogP contribution < -0.4 is 5.32 Å². The number of hydrogen-bond acceptors (Lipinski definition) is 4. The largest absolute Gasteiger partial charge is 0.394 e. The van der Waals surface area contributed by atoms with E-state index in [0.717, 1.165) is 38.5 Å². The van der Waals surface area contributed by atoms with E-state index in [1.807, 2.05) is 0 Å². The first-order valence-electron chi connectivity index (χ1n) is 22.5. The third kappa shape index (κ3) is 35.5. The van der Waals surface area contributed by atoms with E-state index < -0.39 is 18.2 Å². The van der Waals surface area contributed by atoms with Gasteiger partial charge in [0.15, 0.2) is 0 Å². The van der Waals surface area contributed by atoms with E-state index in [0.29, 0.717) is 12.8 Å². The van der Waals surface area contributed by atoms with Gasteiger partial charge in [-0.1, -0.05) is 212 Å². The first-order chi connectivity index (χ1) is 24.6. The van der Waals surface area contributed by atoms with Crippen molar-refractivity contribution in [1.29, 1.82) is 0 Å². The SMILES string of the molecule is CCCCCCCCCCCCCC/C=C\CCCCCCCCCCCCC(=O)NC(CO)C(O)C(O)CCCCCCCCCCCC. The van der Waals surface area contributed by atoms with Gasteiger partial charge >= 0.3 is 0 Å². The molecule has 0 aromatic carbocycles. The Bertz CT molecular complexity index is 699. The summed E-state index contributed by atoms with van der Waals surface area (Å²) in [6.45, 7) is 4.17. The van der Waals surface area contributed by atoms with E-state index in [1.54, 1.807) is 0 Å². The van der Waals surface area contributed by atoms with Gasteiger partial charge in [0, 0.05) is 6.42 Å². The minimum absolute atomic E-state index is 0.145. The lowest BCUT2D eigenvalue weighted by Crippen LogP contribution is -2.50. The summed E-state index contributed by atoms with van der Waals surface area (Å²) in [6, 6.07) is -0.805. The minimum Gasteiger partial charge on any atom is -0.394 e. The molecule has 5 nitrogen and oxygen atoms in total. The number of rotatable bonds is 41. The van der Waals surface area contributed by atoms with Crippen molar-refractivity contribution in [2.75, 3.05) is 6.61 Å². The van der Waals surface area contributed by atoms with Gasteiger partial charge in [-0.15, -0.1) is 0 Å². The van der Waals surface area contributed by atoms with Gasteiger partial charge in [0.25, 0.3) is 0 Å². The van der Waals surface area contributed by atoms with E-state index in [-0.39, 0.29) is 12.5 Å². The lowest BCUT2D eigenvalue weighted by atomic mass is 9.99. The lowest BCUT2D eigenvalue weighted by molar-refractivity contribution is -0.124. The Morgan fingerprint density at radius 3 is 1.16 bits per heavy atom. The fourth-order valence-corrected chi connectivity index (χ4v) is 7.10. The van der Waals surface area contributed by atoms with Crippen LogP contribution >= 0.6 is 0 Å². The van der Waals surface area contributed by atoms with Gasteiger partial charge in [0.1, 0.15) is 6.10 Å². The molecule has 0 aliphatic carbocycles. The predicted octanol–water partition coefficient (Wildman–Crippen LogP) is 12.8. The number of nitrogens with one attached hydrogen (secondary N) is 1. The third-order valence-electron chi connectivity index (χ3n) is 10.6. The van der Waals surface area contributed by atoms with E-state index in [9.17, 15) is 20.1 Å². The number of aliphatic hydroxyl groups excluding tert-OH is 3. The maximum Gasteiger partial charge on any atom is 0.220 e. The molecule has 0 fully saturated rings. The summed E-state index contributed by atoms with van der Waals surface area (Å²) < 4.78 is 0. The summed E-state index contributed by atoms with van der Waals surface area (Å²) >= 11 is 0. The molecule has 0 aromatic rings. The van der Waals surface area contributed by atoms with Crippen molar-refractivity contribution in [3.05, 3.63) is 12.2 Å². The highest BCUT2D eigenvalue weighted by molar-refractivity contribution is 5.76. The minimum atomic E-state index is -1.13. The molecule has 4 N–H and O–H groups in total. The molecule has 0 saturated carbocycles. The zero-order chi connectivity index (χ0) is 36.6. The van der Waals surface area contributed by atoms with Crippen LogP contribution in [0.25, 0.3) is 0 Å². The number of amides is 1. The number of allylic oxidation sites excluding steroid dienone is 2. The third-order valence-corrected chi connectivity index (χ3v) is 10.6. The lowest BCUT2D eigenvalue weighted by Gasteiger charge is -2.26. The Morgan fingerprint density at radius 1 is 0.480 bits per heavy atom. The van der Waals surface area contributed by atoms with Crippen molar-refractivity contribution in [3.8, 4) is 0 Å². The Labute approximate surface area is 312 Å². The summed E-state index contributed by atoms with van der Waals surface area (Å²) in [5, 5.41) is 33.4. The van der Waals surface area contributed by atoms with Gasteiger partial charge in [0.2, 0.25) is 5.91 Å². The molecule has 0 aliphatic heterocycles. The maximum absolute atomic E-state index is 12.4. The highest BCUT2D eigenvalue weighted by Crippen LogP contribution is 2.16. The first-order valence-corrected chi connectivity index (χ1v) is 22.5. The smallest absolute Gasteiger partial charge is 0.220 e. The van der Waals surface area contributed by atoms with Gasteiger partial charge in [0.05, 0.1) is 18.8 Å². The zero-order valence-electron chi connectivity index (χ0n) is 33.8. The fourth-order valence-electron chi connectivity index (χ4n) is 7.10. The van der Waals surface area contributed by atoms with Crippen LogP contribution in [0.4, 0.5) is 0 Å². The summed E-state index contributed by atoms with van der Waals surface area (Å²) in [6.07, 6.45) is 47.6. The number of unbranched alkanes of at least 4 members (excludes halogenated alkanes) is 31. The van der Waals surface area contributed by atoms with Gasteiger partial charge in [-0.2, -0.15) is 0 Å². The first kappa shape index (κ1) is 49.1. The Hall–Kier alpha value is -0.910. The van der Waals surface area contributed by atoms with Gasteiger partial charge in [-0.25, -0.2) is 0 Å². The highest BCUT2D eigenvalue weighted by Gasteiger charge is 2.26. The molecule has 1 amide bonds. The van der Waals surface area contributed by atoms with Crippen LogP contribution in [-0.4, -0.2) is 46.1 Å². The summed E-state index contributed by atoms with van der Waals surface area (Å²) in [4.78, 5) is 12.4. The molecule has 3 unspecified atom stereocenters. The molecule has 0 rings (SSSR count). The molecule has 0 heterocycles. The predicted molar refractivity (Wildman–Crippen MR) is 218 cm³/mol.